The van der Waals surface area contributed by atoms with Crippen LogP contribution in [0.4, 0.5) is 8.78 Å². The van der Waals surface area contributed by atoms with Crippen LogP contribution in [0.25, 0.3) is 0 Å². The maximum atomic E-state index is 13.5. The van der Waals surface area contributed by atoms with Crippen LogP contribution in [0.15, 0.2) is 24.7 Å². The van der Waals surface area contributed by atoms with Gasteiger partial charge in [0.1, 0.15) is 5.60 Å². The van der Waals surface area contributed by atoms with Gasteiger partial charge in [-0.3, -0.25) is 0 Å². The Labute approximate surface area is 102 Å². The predicted octanol–water partition coefficient (Wildman–Crippen LogP) is 2.34. The molecule has 3 nitrogen and oxygen atoms in total. The summed E-state index contributed by atoms with van der Waals surface area (Å²) in [4.78, 5) is 4.09. The van der Waals surface area contributed by atoms with Crippen molar-refractivity contribution < 1.29 is 13.5 Å². The maximum absolute atomic E-state index is 13.5. The molecule has 1 spiro atoms. The van der Waals surface area contributed by atoms with Gasteiger partial charge in [0.15, 0.2) is 11.6 Å². The minimum absolute atomic E-state index is 0.317. The number of ether oxygens (including phenoxy) is 1. The number of benzene rings is 1. The standard InChI is InChI=1S/C13H10F2N2O/c14-10-3-8-6-18-13(9(8)4-11(10)15)1-2-17-7-16-5-12(13)17/h3-5,7H,1-2,6H2. The van der Waals surface area contributed by atoms with E-state index in [1.807, 2.05) is 4.57 Å². The molecule has 1 aromatic carbocycles. The second-order valence-corrected chi connectivity index (χ2v) is 4.76. The second kappa shape index (κ2) is 3.17. The fraction of sp³-hybridized carbons (Fsp3) is 0.308. The molecule has 1 aromatic heterocycles. The summed E-state index contributed by atoms with van der Waals surface area (Å²) in [5.74, 6) is -1.64. The molecule has 2 aliphatic heterocycles. The Bertz CT molecular complexity index is 652. The Balaban J connectivity index is 1.97. The lowest BCUT2D eigenvalue weighted by Crippen LogP contribution is -2.23. The van der Waals surface area contributed by atoms with Crippen LogP contribution in [-0.2, 0) is 23.5 Å². The second-order valence-electron chi connectivity index (χ2n) is 4.76. The molecular weight excluding hydrogens is 238 g/mol. The SMILES string of the molecule is Fc1cc2c(cc1F)C1(CCn3cncc31)OC2. The van der Waals surface area contributed by atoms with E-state index in [0.717, 1.165) is 29.8 Å². The molecule has 18 heavy (non-hydrogen) atoms. The van der Waals surface area contributed by atoms with Gasteiger partial charge >= 0.3 is 0 Å². The molecule has 0 saturated heterocycles. The number of hydrogen-bond donors (Lipinski definition) is 0. The molecule has 2 aromatic rings. The zero-order valence-corrected chi connectivity index (χ0v) is 9.49. The molecule has 0 aliphatic carbocycles. The number of nitrogens with zero attached hydrogens (tertiary/aromatic N) is 2. The highest BCUT2D eigenvalue weighted by molar-refractivity contribution is 5.43. The van der Waals surface area contributed by atoms with E-state index in [1.54, 1.807) is 12.5 Å². The van der Waals surface area contributed by atoms with Crippen LogP contribution in [0.3, 0.4) is 0 Å². The minimum Gasteiger partial charge on any atom is -0.359 e. The fourth-order valence-electron chi connectivity index (χ4n) is 3.02. The first kappa shape index (κ1) is 10.2. The van der Waals surface area contributed by atoms with Crippen molar-refractivity contribution >= 4 is 0 Å². The van der Waals surface area contributed by atoms with Gasteiger partial charge in [0.2, 0.25) is 0 Å². The van der Waals surface area contributed by atoms with E-state index in [-0.39, 0.29) is 0 Å². The molecule has 4 rings (SSSR count). The van der Waals surface area contributed by atoms with E-state index in [0.29, 0.717) is 6.61 Å². The van der Waals surface area contributed by atoms with Gasteiger partial charge in [-0.15, -0.1) is 0 Å². The minimum atomic E-state index is -0.823. The van der Waals surface area contributed by atoms with Gasteiger partial charge in [-0.05, 0) is 23.3 Å². The molecule has 0 amide bonds. The van der Waals surface area contributed by atoms with Crippen LogP contribution in [-0.4, -0.2) is 9.55 Å². The number of hydrogen-bond acceptors (Lipinski definition) is 2. The van der Waals surface area contributed by atoms with Gasteiger partial charge < -0.3 is 9.30 Å². The lowest BCUT2D eigenvalue weighted by molar-refractivity contribution is -0.00395. The summed E-state index contributed by atoms with van der Waals surface area (Å²) in [6.07, 6.45) is 4.22. The smallest absolute Gasteiger partial charge is 0.159 e. The first-order valence-electron chi connectivity index (χ1n) is 5.84. The van der Waals surface area contributed by atoms with Crippen LogP contribution in [0.5, 0.6) is 0 Å². The molecule has 0 fully saturated rings. The molecule has 0 saturated carbocycles. The molecular formula is C13H10F2N2O. The van der Waals surface area contributed by atoms with Gasteiger partial charge in [0.25, 0.3) is 0 Å². The van der Waals surface area contributed by atoms with Crippen molar-refractivity contribution in [3.8, 4) is 0 Å². The Morgan fingerprint density at radius 3 is 3.00 bits per heavy atom. The van der Waals surface area contributed by atoms with E-state index in [2.05, 4.69) is 4.98 Å². The van der Waals surface area contributed by atoms with Crippen LogP contribution in [0, 0.1) is 11.6 Å². The number of halogens is 2. The zero-order chi connectivity index (χ0) is 12.3. The van der Waals surface area contributed by atoms with Gasteiger partial charge in [-0.1, -0.05) is 0 Å². The van der Waals surface area contributed by atoms with E-state index < -0.39 is 17.2 Å². The van der Waals surface area contributed by atoms with E-state index in [1.165, 1.54) is 12.1 Å². The molecule has 0 N–H and O–H groups in total. The van der Waals surface area contributed by atoms with Crippen LogP contribution in [0.1, 0.15) is 23.2 Å². The van der Waals surface area contributed by atoms with Gasteiger partial charge in [-0.2, -0.15) is 0 Å². The third kappa shape index (κ3) is 1.07. The van der Waals surface area contributed by atoms with Gasteiger partial charge in [0.05, 0.1) is 24.8 Å². The highest BCUT2D eigenvalue weighted by atomic mass is 19.2. The summed E-state index contributed by atoms with van der Waals surface area (Å²) < 4.78 is 34.6. The molecule has 1 atom stereocenters. The number of aryl methyl sites for hydroxylation is 1. The molecule has 0 bridgehead atoms. The largest absolute Gasteiger partial charge is 0.359 e. The molecule has 3 heterocycles. The predicted molar refractivity (Wildman–Crippen MR) is 58.8 cm³/mol. The van der Waals surface area contributed by atoms with E-state index >= 15 is 0 Å². The van der Waals surface area contributed by atoms with Crippen molar-refractivity contribution in [2.24, 2.45) is 0 Å². The maximum Gasteiger partial charge on any atom is 0.159 e. The molecule has 2 aliphatic rings. The fourth-order valence-corrected chi connectivity index (χ4v) is 3.02. The van der Waals surface area contributed by atoms with Gasteiger partial charge in [0, 0.05) is 13.0 Å². The molecule has 1 unspecified atom stereocenters. The zero-order valence-electron chi connectivity index (χ0n) is 9.49. The first-order valence-corrected chi connectivity index (χ1v) is 5.84. The summed E-state index contributed by atoms with van der Waals surface area (Å²) >= 11 is 0. The number of fused-ring (bicyclic) bond motifs is 4. The molecule has 92 valence electrons. The third-order valence-electron chi connectivity index (χ3n) is 3.89. The number of imidazole rings is 1. The molecule has 0 radical (unpaired) electrons. The average Bonchev–Trinajstić information content (AvgIpc) is 3.00. The van der Waals surface area contributed by atoms with Crippen molar-refractivity contribution in [3.63, 3.8) is 0 Å². The summed E-state index contributed by atoms with van der Waals surface area (Å²) in [6.45, 7) is 1.10. The Morgan fingerprint density at radius 1 is 1.28 bits per heavy atom. The van der Waals surface area contributed by atoms with Crippen molar-refractivity contribution in [1.82, 2.24) is 9.55 Å². The van der Waals surface area contributed by atoms with Crippen molar-refractivity contribution in [1.29, 1.82) is 0 Å². The highest BCUT2D eigenvalue weighted by Gasteiger charge is 2.47. The number of aromatic nitrogens is 2. The molecule has 5 heteroatoms. The van der Waals surface area contributed by atoms with Crippen molar-refractivity contribution in [2.75, 3.05) is 0 Å². The van der Waals surface area contributed by atoms with Crippen molar-refractivity contribution in [3.05, 3.63) is 53.1 Å². The van der Waals surface area contributed by atoms with Crippen molar-refractivity contribution in [2.45, 2.75) is 25.2 Å². The Morgan fingerprint density at radius 2 is 2.11 bits per heavy atom. The van der Waals surface area contributed by atoms with Crippen LogP contribution in [0.2, 0.25) is 0 Å². The van der Waals surface area contributed by atoms with Crippen LogP contribution < -0.4 is 0 Å². The third-order valence-corrected chi connectivity index (χ3v) is 3.89. The monoisotopic (exact) mass is 248 g/mol. The Kier molecular flexibility index (Phi) is 1.80. The normalized spacial score (nSPS) is 24.6. The Hall–Kier alpha value is -1.75. The first-order chi connectivity index (χ1) is 8.71. The van der Waals surface area contributed by atoms with E-state index in [9.17, 15) is 8.78 Å². The summed E-state index contributed by atoms with van der Waals surface area (Å²) in [5, 5.41) is 0. The number of rotatable bonds is 0. The van der Waals surface area contributed by atoms with E-state index in [4.69, 9.17) is 4.74 Å². The summed E-state index contributed by atoms with van der Waals surface area (Å²) in [7, 11) is 0. The lowest BCUT2D eigenvalue weighted by atomic mass is 9.88. The highest BCUT2D eigenvalue weighted by Crippen LogP contribution is 2.48. The lowest BCUT2D eigenvalue weighted by Gasteiger charge is -2.23. The van der Waals surface area contributed by atoms with Gasteiger partial charge in [-0.25, -0.2) is 13.8 Å². The van der Waals surface area contributed by atoms with Crippen LogP contribution >= 0.6 is 0 Å². The summed E-state index contributed by atoms with van der Waals surface area (Å²) in [6, 6.07) is 2.50. The quantitative estimate of drug-likeness (QED) is 0.715. The topological polar surface area (TPSA) is 27.1 Å². The summed E-state index contributed by atoms with van der Waals surface area (Å²) in [5.41, 5.74) is 1.75. The average molecular weight is 248 g/mol.